The average molecular weight is 447 g/mol. The summed E-state index contributed by atoms with van der Waals surface area (Å²) in [7, 11) is 1.61. The van der Waals surface area contributed by atoms with Crippen LogP contribution < -0.4 is 14.8 Å². The topological polar surface area (TPSA) is 67.9 Å². The first-order chi connectivity index (χ1) is 15.0. The van der Waals surface area contributed by atoms with Gasteiger partial charge in [0.2, 0.25) is 11.8 Å². The molecule has 2 aromatic rings. The number of benzene rings is 2. The van der Waals surface area contributed by atoms with Crippen LogP contribution in [-0.4, -0.2) is 43.0 Å². The Morgan fingerprint density at radius 1 is 1.03 bits per heavy atom. The Balaban J connectivity index is 2.00. The third-order valence-corrected chi connectivity index (χ3v) is 5.12. The molecule has 0 spiro atoms. The SMILES string of the molecule is CCNC(=O)C(CC)N(Cc1ccc(Cl)cc1)C(=O)CCCOc1ccc(OC)cc1. The third kappa shape index (κ3) is 7.79. The molecule has 168 valence electrons. The summed E-state index contributed by atoms with van der Waals surface area (Å²) in [5, 5.41) is 3.47. The van der Waals surface area contributed by atoms with Gasteiger partial charge in [0.25, 0.3) is 0 Å². The van der Waals surface area contributed by atoms with Gasteiger partial charge in [0, 0.05) is 24.5 Å². The van der Waals surface area contributed by atoms with Crippen molar-refractivity contribution >= 4 is 23.4 Å². The van der Waals surface area contributed by atoms with E-state index in [0.717, 1.165) is 17.1 Å². The van der Waals surface area contributed by atoms with Gasteiger partial charge in [0.15, 0.2) is 0 Å². The number of rotatable bonds is 12. The molecule has 31 heavy (non-hydrogen) atoms. The Labute approximate surface area is 189 Å². The minimum Gasteiger partial charge on any atom is -0.497 e. The molecule has 0 aliphatic heterocycles. The minimum atomic E-state index is -0.523. The van der Waals surface area contributed by atoms with E-state index in [2.05, 4.69) is 5.32 Å². The summed E-state index contributed by atoms with van der Waals surface area (Å²) in [5.41, 5.74) is 0.926. The molecule has 0 heterocycles. The zero-order chi connectivity index (χ0) is 22.6. The van der Waals surface area contributed by atoms with Crippen molar-refractivity contribution in [3.8, 4) is 11.5 Å². The van der Waals surface area contributed by atoms with E-state index in [9.17, 15) is 9.59 Å². The van der Waals surface area contributed by atoms with Crippen LogP contribution in [0.2, 0.25) is 5.02 Å². The fraction of sp³-hybridized carbons (Fsp3) is 0.417. The number of hydrogen-bond acceptors (Lipinski definition) is 4. The Hall–Kier alpha value is -2.73. The highest BCUT2D eigenvalue weighted by atomic mass is 35.5. The van der Waals surface area contributed by atoms with Crippen LogP contribution in [0.15, 0.2) is 48.5 Å². The Bertz CT molecular complexity index is 824. The van der Waals surface area contributed by atoms with E-state index in [1.165, 1.54) is 0 Å². The smallest absolute Gasteiger partial charge is 0.242 e. The van der Waals surface area contributed by atoms with E-state index in [1.807, 2.05) is 50.2 Å². The third-order valence-electron chi connectivity index (χ3n) is 4.87. The Morgan fingerprint density at radius 2 is 1.68 bits per heavy atom. The van der Waals surface area contributed by atoms with Gasteiger partial charge in [-0.3, -0.25) is 9.59 Å². The molecule has 1 N–H and O–H groups in total. The molecule has 0 bridgehead atoms. The van der Waals surface area contributed by atoms with Crippen LogP contribution >= 0.6 is 11.6 Å². The molecule has 0 aliphatic carbocycles. The van der Waals surface area contributed by atoms with Crippen molar-refractivity contribution in [1.29, 1.82) is 0 Å². The van der Waals surface area contributed by atoms with Crippen LogP contribution in [0.3, 0.4) is 0 Å². The van der Waals surface area contributed by atoms with Crippen molar-refractivity contribution in [2.24, 2.45) is 0 Å². The molecule has 2 aromatic carbocycles. The lowest BCUT2D eigenvalue weighted by atomic mass is 10.1. The fourth-order valence-corrected chi connectivity index (χ4v) is 3.35. The number of carbonyl (C=O) groups excluding carboxylic acids is 2. The maximum atomic E-state index is 13.1. The van der Waals surface area contributed by atoms with Crippen molar-refractivity contribution < 1.29 is 19.1 Å². The van der Waals surface area contributed by atoms with Gasteiger partial charge >= 0.3 is 0 Å². The van der Waals surface area contributed by atoms with Crippen LogP contribution in [0, 0.1) is 0 Å². The lowest BCUT2D eigenvalue weighted by Gasteiger charge is -2.30. The molecule has 0 fully saturated rings. The van der Waals surface area contributed by atoms with E-state index < -0.39 is 6.04 Å². The second-order valence-corrected chi connectivity index (χ2v) is 7.53. The first-order valence-corrected chi connectivity index (χ1v) is 10.9. The molecular formula is C24H31ClN2O4. The van der Waals surface area contributed by atoms with Crippen LogP contribution in [0.1, 0.15) is 38.7 Å². The summed E-state index contributed by atoms with van der Waals surface area (Å²) in [6, 6.07) is 14.1. The predicted octanol–water partition coefficient (Wildman–Crippen LogP) is 4.45. The number of likely N-dealkylation sites (N-methyl/N-ethyl adjacent to an activating group) is 1. The van der Waals surface area contributed by atoms with Crippen molar-refractivity contribution in [2.75, 3.05) is 20.3 Å². The van der Waals surface area contributed by atoms with Gasteiger partial charge in [-0.2, -0.15) is 0 Å². The summed E-state index contributed by atoms with van der Waals surface area (Å²) in [6.45, 7) is 5.06. The zero-order valence-electron chi connectivity index (χ0n) is 18.4. The highest BCUT2D eigenvalue weighted by molar-refractivity contribution is 6.30. The molecule has 6 nitrogen and oxygen atoms in total. The van der Waals surface area contributed by atoms with Crippen LogP contribution in [0.25, 0.3) is 0 Å². The first-order valence-electron chi connectivity index (χ1n) is 10.6. The monoisotopic (exact) mass is 446 g/mol. The minimum absolute atomic E-state index is 0.0774. The number of methoxy groups -OCH3 is 1. The molecule has 0 radical (unpaired) electrons. The van der Waals surface area contributed by atoms with Crippen molar-refractivity contribution in [1.82, 2.24) is 10.2 Å². The quantitative estimate of drug-likeness (QED) is 0.489. The molecule has 0 saturated carbocycles. The van der Waals surface area contributed by atoms with Gasteiger partial charge in [0.1, 0.15) is 17.5 Å². The van der Waals surface area contributed by atoms with Crippen LogP contribution in [0.4, 0.5) is 0 Å². The van der Waals surface area contributed by atoms with Crippen molar-refractivity contribution in [3.05, 3.63) is 59.1 Å². The highest BCUT2D eigenvalue weighted by Gasteiger charge is 2.27. The van der Waals surface area contributed by atoms with E-state index in [0.29, 0.717) is 44.0 Å². The summed E-state index contributed by atoms with van der Waals surface area (Å²) < 4.78 is 10.9. The molecule has 2 amide bonds. The van der Waals surface area contributed by atoms with E-state index in [1.54, 1.807) is 24.1 Å². The van der Waals surface area contributed by atoms with Crippen molar-refractivity contribution in [3.63, 3.8) is 0 Å². The molecule has 1 unspecified atom stereocenters. The normalized spacial score (nSPS) is 11.5. The standard InChI is InChI=1S/C24H31ClN2O4/c1-4-22(24(29)26-5-2)27(17-18-8-10-19(25)11-9-18)23(28)7-6-16-31-21-14-12-20(30-3)13-15-21/h8-15,22H,4-7,16-17H2,1-3H3,(H,26,29). The van der Waals surface area contributed by atoms with Crippen LogP contribution in [0.5, 0.6) is 11.5 Å². The summed E-state index contributed by atoms with van der Waals surface area (Å²) in [5.74, 6) is 1.27. The molecule has 0 aromatic heterocycles. The summed E-state index contributed by atoms with van der Waals surface area (Å²) in [6.07, 6.45) is 1.38. The molecular weight excluding hydrogens is 416 g/mol. The van der Waals surface area contributed by atoms with Crippen molar-refractivity contribution in [2.45, 2.75) is 45.7 Å². The number of ether oxygens (including phenoxy) is 2. The van der Waals surface area contributed by atoms with Gasteiger partial charge in [-0.25, -0.2) is 0 Å². The largest absolute Gasteiger partial charge is 0.497 e. The Morgan fingerprint density at radius 3 is 2.26 bits per heavy atom. The Kier molecular flexibility index (Phi) is 10.2. The van der Waals surface area contributed by atoms with Gasteiger partial charge in [-0.15, -0.1) is 0 Å². The van der Waals surface area contributed by atoms with Gasteiger partial charge in [-0.1, -0.05) is 30.7 Å². The molecule has 2 rings (SSSR count). The fourth-order valence-electron chi connectivity index (χ4n) is 3.23. The highest BCUT2D eigenvalue weighted by Crippen LogP contribution is 2.19. The molecule has 0 aliphatic rings. The zero-order valence-corrected chi connectivity index (χ0v) is 19.2. The van der Waals surface area contributed by atoms with Gasteiger partial charge in [-0.05, 0) is 61.7 Å². The van der Waals surface area contributed by atoms with E-state index in [-0.39, 0.29) is 11.8 Å². The molecule has 1 atom stereocenters. The predicted molar refractivity (Wildman–Crippen MR) is 122 cm³/mol. The maximum Gasteiger partial charge on any atom is 0.242 e. The molecule has 7 heteroatoms. The second-order valence-electron chi connectivity index (χ2n) is 7.09. The van der Waals surface area contributed by atoms with E-state index >= 15 is 0 Å². The lowest BCUT2D eigenvalue weighted by Crippen LogP contribution is -2.49. The van der Waals surface area contributed by atoms with Gasteiger partial charge in [0.05, 0.1) is 13.7 Å². The number of nitrogens with zero attached hydrogens (tertiary/aromatic N) is 1. The summed E-state index contributed by atoms with van der Waals surface area (Å²) >= 11 is 5.98. The van der Waals surface area contributed by atoms with E-state index in [4.69, 9.17) is 21.1 Å². The van der Waals surface area contributed by atoms with Gasteiger partial charge < -0.3 is 19.7 Å². The average Bonchev–Trinajstić information content (AvgIpc) is 2.78. The first kappa shape index (κ1) is 24.5. The van der Waals surface area contributed by atoms with Crippen LogP contribution in [-0.2, 0) is 16.1 Å². The summed E-state index contributed by atoms with van der Waals surface area (Å²) in [4.78, 5) is 27.3. The number of nitrogens with one attached hydrogen (secondary N) is 1. The lowest BCUT2D eigenvalue weighted by molar-refractivity contribution is -0.141. The maximum absolute atomic E-state index is 13.1. The number of halogens is 1. The molecule has 0 saturated heterocycles. The number of carbonyl (C=O) groups is 2. The number of hydrogen-bond donors (Lipinski definition) is 1. The second kappa shape index (κ2) is 12.8. The number of amides is 2.